The van der Waals surface area contributed by atoms with Gasteiger partial charge in [-0.15, -0.1) is 0 Å². The Bertz CT molecular complexity index is 1220. The molecular weight excluding hydrogens is 426 g/mol. The van der Waals surface area contributed by atoms with Crippen molar-refractivity contribution in [3.05, 3.63) is 81.9 Å². The molecule has 9 heteroatoms. The second-order valence-corrected chi connectivity index (χ2v) is 8.02. The van der Waals surface area contributed by atoms with Gasteiger partial charge in [0.2, 0.25) is 5.91 Å². The molecule has 0 N–H and O–H groups in total. The molecule has 4 aromatic rings. The number of rotatable bonds is 7. The molecule has 0 fully saturated rings. The maximum Gasteiger partial charge on any atom is 0.262 e. The number of benzene rings is 1. The molecule has 0 spiro atoms. The highest BCUT2D eigenvalue weighted by molar-refractivity contribution is 7.99. The zero-order valence-corrected chi connectivity index (χ0v) is 17.7. The van der Waals surface area contributed by atoms with Crippen molar-refractivity contribution < 1.29 is 13.6 Å². The normalized spacial score (nSPS) is 11.1. The van der Waals surface area contributed by atoms with E-state index in [2.05, 4.69) is 4.98 Å². The number of carbonyl (C=O) groups excluding carboxylic acids is 1. The van der Waals surface area contributed by atoms with Gasteiger partial charge in [0, 0.05) is 12.1 Å². The fraction of sp³-hybridized carbons (Fsp3) is 0.190. The predicted molar refractivity (Wildman–Crippen MR) is 115 cm³/mol. The van der Waals surface area contributed by atoms with E-state index in [1.54, 1.807) is 60.9 Å². The van der Waals surface area contributed by atoms with Crippen LogP contribution in [0.25, 0.3) is 10.9 Å². The van der Waals surface area contributed by atoms with Crippen molar-refractivity contribution in [3.8, 4) is 0 Å². The Balaban J connectivity index is 1.61. The number of hydrogen-bond acceptors (Lipinski definition) is 6. The lowest BCUT2D eigenvalue weighted by atomic mass is 10.2. The van der Waals surface area contributed by atoms with Gasteiger partial charge in [-0.3, -0.25) is 14.2 Å². The van der Waals surface area contributed by atoms with E-state index in [9.17, 15) is 9.59 Å². The molecule has 0 unspecified atom stereocenters. The molecule has 7 nitrogen and oxygen atoms in total. The summed E-state index contributed by atoms with van der Waals surface area (Å²) in [6.07, 6.45) is 3.12. The van der Waals surface area contributed by atoms with Crippen LogP contribution in [0.5, 0.6) is 0 Å². The number of hydrogen-bond donors (Lipinski definition) is 0. The van der Waals surface area contributed by atoms with Crippen molar-refractivity contribution in [1.29, 1.82) is 0 Å². The number of amides is 1. The lowest BCUT2D eigenvalue weighted by Gasteiger charge is -2.16. The molecule has 3 aromatic heterocycles. The first kappa shape index (κ1) is 20.3. The molecule has 1 amide bonds. The summed E-state index contributed by atoms with van der Waals surface area (Å²) in [5.74, 6) is 1.33. The topological polar surface area (TPSA) is 81.5 Å². The standard InChI is InChI=1S/C21H18ClN3O4S/c1-24(11-15-4-2-8-28-15)19(26)13-30-21-23-18-10-14(22)6-7-17(18)20(27)25(21)12-16-5-3-9-29-16/h2-10H,11-13H2,1H3. The number of nitrogens with zero attached hydrogens (tertiary/aromatic N) is 3. The smallest absolute Gasteiger partial charge is 0.262 e. The summed E-state index contributed by atoms with van der Waals surface area (Å²) < 4.78 is 12.2. The van der Waals surface area contributed by atoms with Crippen molar-refractivity contribution in [1.82, 2.24) is 14.5 Å². The van der Waals surface area contributed by atoms with Crippen LogP contribution < -0.4 is 5.56 Å². The minimum atomic E-state index is -0.216. The maximum absolute atomic E-state index is 13.1. The Morgan fingerprint density at radius 1 is 1.17 bits per heavy atom. The third-order valence-electron chi connectivity index (χ3n) is 4.50. The van der Waals surface area contributed by atoms with Crippen LogP contribution in [0.2, 0.25) is 5.02 Å². The van der Waals surface area contributed by atoms with Gasteiger partial charge in [-0.25, -0.2) is 4.98 Å². The Morgan fingerprint density at radius 3 is 2.60 bits per heavy atom. The van der Waals surface area contributed by atoms with Crippen LogP contribution >= 0.6 is 23.4 Å². The number of fused-ring (bicyclic) bond motifs is 1. The quantitative estimate of drug-likeness (QED) is 0.317. The number of halogens is 1. The fourth-order valence-electron chi connectivity index (χ4n) is 2.94. The van der Waals surface area contributed by atoms with Crippen LogP contribution in [0.15, 0.2) is 73.8 Å². The minimum absolute atomic E-state index is 0.110. The first-order chi connectivity index (χ1) is 14.5. The summed E-state index contributed by atoms with van der Waals surface area (Å²) in [5, 5.41) is 1.37. The summed E-state index contributed by atoms with van der Waals surface area (Å²) >= 11 is 7.27. The van der Waals surface area contributed by atoms with Gasteiger partial charge in [0.05, 0.1) is 42.3 Å². The number of thioether (sulfide) groups is 1. The largest absolute Gasteiger partial charge is 0.467 e. The monoisotopic (exact) mass is 443 g/mol. The van der Waals surface area contributed by atoms with Gasteiger partial charge in [0.1, 0.15) is 11.5 Å². The van der Waals surface area contributed by atoms with Gasteiger partial charge in [-0.1, -0.05) is 23.4 Å². The third-order valence-corrected chi connectivity index (χ3v) is 5.70. The summed E-state index contributed by atoms with van der Waals surface area (Å²) in [4.78, 5) is 31.8. The van der Waals surface area contributed by atoms with E-state index in [1.807, 2.05) is 6.07 Å². The molecule has 0 aliphatic rings. The highest BCUT2D eigenvalue weighted by atomic mass is 35.5. The molecule has 1 aromatic carbocycles. The van der Waals surface area contributed by atoms with E-state index in [-0.39, 0.29) is 23.8 Å². The van der Waals surface area contributed by atoms with Crippen molar-refractivity contribution in [2.75, 3.05) is 12.8 Å². The molecule has 4 rings (SSSR count). The molecule has 0 aliphatic heterocycles. The highest BCUT2D eigenvalue weighted by Crippen LogP contribution is 2.22. The molecule has 0 saturated heterocycles. The SMILES string of the molecule is CN(Cc1ccco1)C(=O)CSc1nc2cc(Cl)ccc2c(=O)n1Cc1ccco1. The zero-order valence-electron chi connectivity index (χ0n) is 16.1. The van der Waals surface area contributed by atoms with Crippen molar-refractivity contribution in [2.45, 2.75) is 18.2 Å². The molecule has 154 valence electrons. The van der Waals surface area contributed by atoms with Gasteiger partial charge in [-0.05, 0) is 42.5 Å². The Morgan fingerprint density at radius 2 is 1.90 bits per heavy atom. The average molecular weight is 444 g/mol. The highest BCUT2D eigenvalue weighted by Gasteiger charge is 2.17. The first-order valence-corrected chi connectivity index (χ1v) is 10.5. The summed E-state index contributed by atoms with van der Waals surface area (Å²) in [6, 6.07) is 12.1. The Hall–Kier alpha value is -2.97. The second-order valence-electron chi connectivity index (χ2n) is 6.64. The summed E-state index contributed by atoms with van der Waals surface area (Å²) in [6.45, 7) is 0.586. The lowest BCUT2D eigenvalue weighted by molar-refractivity contribution is -0.127. The van der Waals surface area contributed by atoms with E-state index >= 15 is 0 Å². The van der Waals surface area contributed by atoms with E-state index in [1.165, 1.54) is 16.3 Å². The average Bonchev–Trinajstić information content (AvgIpc) is 3.42. The summed E-state index contributed by atoms with van der Waals surface area (Å²) in [7, 11) is 1.70. The lowest BCUT2D eigenvalue weighted by Crippen LogP contribution is -2.29. The van der Waals surface area contributed by atoms with Gasteiger partial charge < -0.3 is 13.7 Å². The maximum atomic E-state index is 13.1. The molecule has 0 aliphatic carbocycles. The Labute approximate surface area is 181 Å². The zero-order chi connectivity index (χ0) is 21.1. The fourth-order valence-corrected chi connectivity index (χ4v) is 4.05. The van der Waals surface area contributed by atoms with Crippen LogP contribution in [0, 0.1) is 0 Å². The van der Waals surface area contributed by atoms with E-state index < -0.39 is 0 Å². The predicted octanol–water partition coefficient (Wildman–Crippen LogP) is 4.03. The van der Waals surface area contributed by atoms with Crippen LogP contribution in [-0.2, 0) is 17.9 Å². The van der Waals surface area contributed by atoms with Gasteiger partial charge in [-0.2, -0.15) is 0 Å². The number of aromatic nitrogens is 2. The van der Waals surface area contributed by atoms with Gasteiger partial charge in [0.15, 0.2) is 5.16 Å². The molecule has 0 saturated carbocycles. The van der Waals surface area contributed by atoms with E-state index in [0.29, 0.717) is 39.1 Å². The van der Waals surface area contributed by atoms with Crippen molar-refractivity contribution in [2.24, 2.45) is 0 Å². The van der Waals surface area contributed by atoms with Crippen LogP contribution in [-0.4, -0.2) is 33.2 Å². The number of carbonyl (C=O) groups is 1. The van der Waals surface area contributed by atoms with Crippen LogP contribution in [0.3, 0.4) is 0 Å². The second kappa shape index (κ2) is 8.81. The van der Waals surface area contributed by atoms with E-state index in [4.69, 9.17) is 20.4 Å². The van der Waals surface area contributed by atoms with Crippen LogP contribution in [0.4, 0.5) is 0 Å². The minimum Gasteiger partial charge on any atom is -0.467 e. The molecule has 0 radical (unpaired) electrons. The van der Waals surface area contributed by atoms with Gasteiger partial charge in [0.25, 0.3) is 5.56 Å². The molecule has 0 bridgehead atoms. The van der Waals surface area contributed by atoms with E-state index in [0.717, 1.165) is 0 Å². The molecular formula is C21H18ClN3O4S. The van der Waals surface area contributed by atoms with Crippen molar-refractivity contribution >= 4 is 40.2 Å². The summed E-state index contributed by atoms with van der Waals surface area (Å²) in [5.41, 5.74) is 0.272. The molecule has 3 heterocycles. The first-order valence-electron chi connectivity index (χ1n) is 9.13. The molecule has 30 heavy (non-hydrogen) atoms. The third kappa shape index (κ3) is 4.44. The van der Waals surface area contributed by atoms with Gasteiger partial charge >= 0.3 is 0 Å². The number of furan rings is 2. The van der Waals surface area contributed by atoms with Crippen LogP contribution in [0.1, 0.15) is 11.5 Å². The van der Waals surface area contributed by atoms with Crippen molar-refractivity contribution in [3.63, 3.8) is 0 Å². The Kier molecular flexibility index (Phi) is 5.96. The molecule has 0 atom stereocenters.